The molecule has 0 radical (unpaired) electrons. The Balaban J connectivity index is 0.000000352. The number of hydrogen-bond acceptors (Lipinski definition) is 2. The van der Waals surface area contributed by atoms with Gasteiger partial charge in [0, 0.05) is 0 Å². The molecule has 1 aromatic rings. The fourth-order valence-corrected chi connectivity index (χ4v) is 2.09. The molecule has 18 heavy (non-hydrogen) atoms. The fourth-order valence-electron chi connectivity index (χ4n) is 1.61. The zero-order valence-electron chi connectivity index (χ0n) is 10.8. The number of aryl methyl sites for hydroxylation is 1. The van der Waals surface area contributed by atoms with Crippen LogP contribution >= 0.6 is 0 Å². The molecule has 1 aliphatic carbocycles. The predicted molar refractivity (Wildman–Crippen MR) is 74.1 cm³/mol. The van der Waals surface area contributed by atoms with Crippen molar-refractivity contribution < 1.29 is 13.0 Å². The quantitative estimate of drug-likeness (QED) is 0.488. The summed E-state index contributed by atoms with van der Waals surface area (Å²) in [6, 6.07) is 5.99. The molecule has 1 aliphatic rings. The number of rotatable bonds is 1. The van der Waals surface area contributed by atoms with Crippen molar-refractivity contribution in [3.05, 3.63) is 36.2 Å². The largest absolute Gasteiger partial charge is 2.00 e. The first-order valence-electron chi connectivity index (χ1n) is 5.86. The smallest absolute Gasteiger partial charge is 0.328 e. The summed E-state index contributed by atoms with van der Waals surface area (Å²) < 4.78 is 29.6. The van der Waals surface area contributed by atoms with Gasteiger partial charge in [-0.15, -0.1) is 0 Å². The number of benzene rings is 1. The second-order valence-electron chi connectivity index (χ2n) is 4.21. The molecule has 0 unspecified atom stereocenters. The second kappa shape index (κ2) is 8.91. The van der Waals surface area contributed by atoms with E-state index in [1.807, 2.05) is 6.92 Å². The number of hydrogen-bond donors (Lipinski definition) is 1. The monoisotopic (exact) mass is 279 g/mol. The topological polar surface area (TPSA) is 54.4 Å². The normalized spacial score (nSPS) is 15.0. The maximum absolute atomic E-state index is 10.5. The van der Waals surface area contributed by atoms with Gasteiger partial charge in [-0.25, -0.2) is 0 Å². The average molecular weight is 280 g/mol. The van der Waals surface area contributed by atoms with Crippen molar-refractivity contribution in [1.29, 1.82) is 0 Å². The molecule has 0 bridgehead atoms. The van der Waals surface area contributed by atoms with Gasteiger partial charge in [-0.05, 0) is 19.1 Å². The van der Waals surface area contributed by atoms with Crippen molar-refractivity contribution in [1.82, 2.24) is 0 Å². The van der Waals surface area contributed by atoms with Crippen LogP contribution in [0.3, 0.4) is 0 Å². The van der Waals surface area contributed by atoms with Crippen molar-refractivity contribution in [2.75, 3.05) is 0 Å². The van der Waals surface area contributed by atoms with Crippen LogP contribution in [-0.2, 0) is 10.1 Å². The molecule has 0 atom stereocenters. The molecule has 3 nitrogen and oxygen atoms in total. The summed E-state index contributed by atoms with van der Waals surface area (Å²) in [7, 11) is -4.02. The molecular weight excluding hydrogens is 261 g/mol. The predicted octanol–water partition coefficient (Wildman–Crippen LogP) is 3.02. The summed E-state index contributed by atoms with van der Waals surface area (Å²) in [5.41, 5.74) is 0.956. The Morgan fingerprint density at radius 2 is 1.56 bits per heavy atom. The molecule has 0 aliphatic heterocycles. The van der Waals surface area contributed by atoms with E-state index in [4.69, 9.17) is 4.55 Å². The summed E-state index contributed by atoms with van der Waals surface area (Å²) in [5, 5.41) is 0. The Labute approximate surface area is 126 Å². The van der Waals surface area contributed by atoms with Crippen LogP contribution in [0.4, 0.5) is 0 Å². The standard InChI is InChI=1S/C7H8O3S.C6H11.Mg/c1-6-2-4-7(5-3-6)11(8,9)10;1-2-4-6-5-3-1;/h2-5H,1H3,(H,8,9,10);1H,2-6H2;/q;-1;+2. The van der Waals surface area contributed by atoms with Crippen LogP contribution in [0.1, 0.15) is 37.7 Å². The van der Waals surface area contributed by atoms with E-state index in [0.29, 0.717) is 0 Å². The van der Waals surface area contributed by atoms with E-state index < -0.39 is 10.1 Å². The Kier molecular flexibility index (Phi) is 8.85. The molecule has 0 aromatic heterocycles. The minimum atomic E-state index is -4.02. The van der Waals surface area contributed by atoms with E-state index in [1.54, 1.807) is 12.1 Å². The molecule has 0 spiro atoms. The van der Waals surface area contributed by atoms with Crippen LogP contribution in [0.15, 0.2) is 29.2 Å². The van der Waals surface area contributed by atoms with Gasteiger partial charge in [0.15, 0.2) is 0 Å². The molecule has 0 saturated heterocycles. The second-order valence-corrected chi connectivity index (χ2v) is 5.64. The molecule has 5 heteroatoms. The van der Waals surface area contributed by atoms with Crippen LogP contribution in [0, 0.1) is 13.3 Å². The van der Waals surface area contributed by atoms with Crippen LogP contribution in [0.2, 0.25) is 0 Å². The van der Waals surface area contributed by atoms with E-state index in [1.165, 1.54) is 44.2 Å². The first kappa shape index (κ1) is 17.9. The minimum Gasteiger partial charge on any atom is -0.328 e. The molecule has 1 N–H and O–H groups in total. The van der Waals surface area contributed by atoms with Crippen molar-refractivity contribution >= 4 is 33.2 Å². The van der Waals surface area contributed by atoms with E-state index >= 15 is 0 Å². The summed E-state index contributed by atoms with van der Waals surface area (Å²) in [6.07, 6.45) is 9.50. The van der Waals surface area contributed by atoms with Crippen LogP contribution in [-0.4, -0.2) is 36.0 Å². The van der Waals surface area contributed by atoms with Gasteiger partial charge in [-0.3, -0.25) is 4.55 Å². The Bertz CT molecular complexity index is 411. The van der Waals surface area contributed by atoms with Crippen LogP contribution in [0.5, 0.6) is 0 Å². The first-order valence-corrected chi connectivity index (χ1v) is 7.30. The zero-order chi connectivity index (χ0) is 12.7. The third kappa shape index (κ3) is 7.36. The first-order chi connectivity index (χ1) is 8.00. The van der Waals surface area contributed by atoms with E-state index in [9.17, 15) is 8.42 Å². The zero-order valence-corrected chi connectivity index (χ0v) is 13.0. The van der Waals surface area contributed by atoms with E-state index in [2.05, 4.69) is 6.42 Å². The van der Waals surface area contributed by atoms with Crippen molar-refractivity contribution in [2.24, 2.45) is 0 Å². The van der Waals surface area contributed by atoms with Gasteiger partial charge in [0.2, 0.25) is 0 Å². The fraction of sp³-hybridized carbons (Fsp3) is 0.462. The summed E-state index contributed by atoms with van der Waals surface area (Å²) >= 11 is 0. The van der Waals surface area contributed by atoms with Crippen molar-refractivity contribution in [3.63, 3.8) is 0 Å². The van der Waals surface area contributed by atoms with Crippen molar-refractivity contribution in [3.8, 4) is 0 Å². The molecular formula is C13H19MgO3S+. The van der Waals surface area contributed by atoms with Gasteiger partial charge in [0.05, 0.1) is 4.90 Å². The Hall–Kier alpha value is -0.104. The Morgan fingerprint density at radius 3 is 1.83 bits per heavy atom. The molecule has 2 rings (SSSR count). The molecule has 1 saturated carbocycles. The van der Waals surface area contributed by atoms with Crippen molar-refractivity contribution in [2.45, 2.75) is 43.9 Å². The van der Waals surface area contributed by atoms with Gasteiger partial charge < -0.3 is 6.42 Å². The summed E-state index contributed by atoms with van der Waals surface area (Å²) in [4.78, 5) is -0.0666. The minimum absolute atomic E-state index is 0. The van der Waals surface area contributed by atoms with E-state index in [-0.39, 0.29) is 27.9 Å². The third-order valence-electron chi connectivity index (χ3n) is 2.64. The summed E-state index contributed by atoms with van der Waals surface area (Å²) in [6.45, 7) is 1.84. The molecule has 0 heterocycles. The van der Waals surface area contributed by atoms with Crippen LogP contribution in [0.25, 0.3) is 0 Å². The average Bonchev–Trinajstić information content (AvgIpc) is 2.31. The van der Waals surface area contributed by atoms with Gasteiger partial charge in [0.25, 0.3) is 10.1 Å². The van der Waals surface area contributed by atoms with Gasteiger partial charge >= 0.3 is 23.1 Å². The maximum atomic E-state index is 10.5. The van der Waals surface area contributed by atoms with Crippen LogP contribution < -0.4 is 0 Å². The maximum Gasteiger partial charge on any atom is 2.00 e. The Morgan fingerprint density at radius 1 is 1.06 bits per heavy atom. The summed E-state index contributed by atoms with van der Waals surface area (Å²) in [5.74, 6) is 0. The molecule has 0 amide bonds. The van der Waals surface area contributed by atoms with Gasteiger partial charge in [-0.2, -0.15) is 21.3 Å². The SMILES string of the molecule is Cc1ccc(S(=O)(=O)O)cc1.[CH-]1CCCCC1.[Mg+2]. The molecule has 1 fully saturated rings. The molecule has 96 valence electrons. The molecule has 1 aromatic carbocycles. The van der Waals surface area contributed by atoms with Gasteiger partial charge in [-0.1, -0.05) is 37.0 Å². The van der Waals surface area contributed by atoms with Gasteiger partial charge in [0.1, 0.15) is 0 Å². The van der Waals surface area contributed by atoms with E-state index in [0.717, 1.165) is 5.56 Å². The third-order valence-corrected chi connectivity index (χ3v) is 3.50.